The Bertz CT molecular complexity index is 1350. The van der Waals surface area contributed by atoms with Gasteiger partial charge in [0.25, 0.3) is 5.91 Å². The van der Waals surface area contributed by atoms with Crippen molar-refractivity contribution in [2.45, 2.75) is 64.6 Å². The van der Waals surface area contributed by atoms with Gasteiger partial charge in [0.05, 0.1) is 20.3 Å². The van der Waals surface area contributed by atoms with Gasteiger partial charge in [0.1, 0.15) is 0 Å². The molecule has 3 amide bonds. The number of hydrogen-bond donors (Lipinski definition) is 3. The fraction of sp³-hybridized carbons (Fsp3) is 0.469. The number of anilines is 1. The van der Waals surface area contributed by atoms with Gasteiger partial charge in [0.15, 0.2) is 11.5 Å². The lowest BCUT2D eigenvalue weighted by Gasteiger charge is -2.41. The van der Waals surface area contributed by atoms with Crippen LogP contribution in [-0.4, -0.2) is 68.6 Å². The molecule has 2 saturated heterocycles. The second-order valence-corrected chi connectivity index (χ2v) is 10.6. The number of fused-ring (bicyclic) bond motifs is 2. The van der Waals surface area contributed by atoms with Crippen molar-refractivity contribution in [3.8, 4) is 23.3 Å². The molecule has 2 heterocycles. The van der Waals surface area contributed by atoms with Gasteiger partial charge in [-0.05, 0) is 81.0 Å². The molecule has 2 aliphatic rings. The van der Waals surface area contributed by atoms with Crippen LogP contribution in [-0.2, 0) is 16.0 Å². The number of nitrogens with zero attached hydrogens (tertiary/aromatic N) is 2. The maximum atomic E-state index is 13.8. The molecule has 224 valence electrons. The Morgan fingerprint density at radius 3 is 2.36 bits per heavy atom. The predicted molar refractivity (Wildman–Crippen MR) is 161 cm³/mol. The number of hydrazine groups is 1. The highest BCUT2D eigenvalue weighted by Gasteiger charge is 2.39. The van der Waals surface area contributed by atoms with Crippen LogP contribution < -0.4 is 30.5 Å². The Kier molecular flexibility index (Phi) is 10.3. The molecular formula is C32H41N5O5. The lowest BCUT2D eigenvalue weighted by molar-refractivity contribution is -0.126. The highest BCUT2D eigenvalue weighted by Crippen LogP contribution is 2.34. The highest BCUT2D eigenvalue weighted by molar-refractivity contribution is 5.97. The first kappa shape index (κ1) is 30.7. The fourth-order valence-corrected chi connectivity index (χ4v) is 5.97. The average molecular weight is 576 g/mol. The first-order valence-corrected chi connectivity index (χ1v) is 14.5. The van der Waals surface area contributed by atoms with Gasteiger partial charge in [-0.25, -0.2) is 0 Å². The van der Waals surface area contributed by atoms with E-state index in [2.05, 4.69) is 44.7 Å². The SMILES string of the molecule is CC#CC(=O)NNC(=O)CCc1ccc(N2C[C@H]3CC[C@@H](C2)N3CC)cc1C(=O)N[C@H](C)c1ccc(OC)c(OC)c1. The third-order valence-electron chi connectivity index (χ3n) is 8.13. The summed E-state index contributed by atoms with van der Waals surface area (Å²) in [6, 6.07) is 12.2. The molecule has 2 fully saturated rings. The van der Waals surface area contributed by atoms with Gasteiger partial charge in [0, 0.05) is 42.8 Å². The lowest BCUT2D eigenvalue weighted by atomic mass is 9.99. The summed E-state index contributed by atoms with van der Waals surface area (Å²) in [7, 11) is 3.16. The van der Waals surface area contributed by atoms with E-state index in [1.54, 1.807) is 14.2 Å². The van der Waals surface area contributed by atoms with E-state index in [1.165, 1.54) is 19.8 Å². The Labute approximate surface area is 248 Å². The van der Waals surface area contributed by atoms with Gasteiger partial charge in [-0.3, -0.25) is 30.1 Å². The monoisotopic (exact) mass is 575 g/mol. The van der Waals surface area contributed by atoms with E-state index in [0.717, 1.165) is 36.4 Å². The topological polar surface area (TPSA) is 112 Å². The molecule has 0 aliphatic carbocycles. The standard InChI is InChI=1S/C32H41N5O5/c1-6-8-30(38)34-35-31(39)16-11-22-9-12-24(36-19-25-13-14-26(20-36)37(25)7-2)18-27(22)32(40)33-21(3)23-10-15-28(41-4)29(17-23)42-5/h9-10,12,15,17-18,21,25-26H,7,11,13-14,16,19-20H2,1-5H3,(H,33,40)(H,34,38)(H,35,39)/t21-,25-,26+/m1/s1. The Morgan fingerprint density at radius 2 is 1.71 bits per heavy atom. The largest absolute Gasteiger partial charge is 0.493 e. The molecule has 42 heavy (non-hydrogen) atoms. The zero-order valence-corrected chi connectivity index (χ0v) is 25.1. The van der Waals surface area contributed by atoms with Crippen molar-refractivity contribution in [1.29, 1.82) is 0 Å². The summed E-state index contributed by atoms with van der Waals surface area (Å²) < 4.78 is 10.8. The van der Waals surface area contributed by atoms with Crippen LogP contribution in [0, 0.1) is 11.8 Å². The van der Waals surface area contributed by atoms with Gasteiger partial charge in [-0.15, -0.1) is 0 Å². The van der Waals surface area contributed by atoms with E-state index in [1.807, 2.05) is 43.3 Å². The predicted octanol–water partition coefficient (Wildman–Crippen LogP) is 2.97. The average Bonchev–Trinajstić information content (AvgIpc) is 3.25. The van der Waals surface area contributed by atoms with Crippen LogP contribution in [0.3, 0.4) is 0 Å². The van der Waals surface area contributed by atoms with Crippen molar-refractivity contribution in [3.05, 3.63) is 53.1 Å². The molecule has 2 aliphatic heterocycles. The maximum Gasteiger partial charge on any atom is 0.314 e. The molecule has 2 bridgehead atoms. The van der Waals surface area contributed by atoms with Gasteiger partial charge in [0.2, 0.25) is 5.91 Å². The minimum Gasteiger partial charge on any atom is -0.493 e. The molecule has 10 heteroatoms. The molecule has 0 aromatic heterocycles. The lowest BCUT2D eigenvalue weighted by Crippen LogP contribution is -2.53. The molecule has 0 radical (unpaired) electrons. The minimum absolute atomic E-state index is 0.0873. The summed E-state index contributed by atoms with van der Waals surface area (Å²) >= 11 is 0. The van der Waals surface area contributed by atoms with Crippen LogP contribution in [0.5, 0.6) is 11.5 Å². The third-order valence-corrected chi connectivity index (χ3v) is 8.13. The van der Waals surface area contributed by atoms with E-state index >= 15 is 0 Å². The molecule has 2 aromatic carbocycles. The van der Waals surface area contributed by atoms with Crippen LogP contribution >= 0.6 is 0 Å². The zero-order chi connectivity index (χ0) is 30.2. The number of methoxy groups -OCH3 is 2. The second kappa shape index (κ2) is 14.1. The number of piperazine rings is 1. The van der Waals surface area contributed by atoms with Crippen LogP contribution in [0.15, 0.2) is 36.4 Å². The summed E-state index contributed by atoms with van der Waals surface area (Å²) in [5.41, 5.74) is 7.80. The van der Waals surface area contributed by atoms with Crippen molar-refractivity contribution in [3.63, 3.8) is 0 Å². The van der Waals surface area contributed by atoms with Gasteiger partial charge < -0.3 is 19.7 Å². The number of hydrogen-bond acceptors (Lipinski definition) is 7. The molecular weight excluding hydrogens is 534 g/mol. The number of amides is 3. The first-order chi connectivity index (χ1) is 20.3. The molecule has 0 saturated carbocycles. The second-order valence-electron chi connectivity index (χ2n) is 10.6. The zero-order valence-electron chi connectivity index (χ0n) is 25.1. The molecule has 0 unspecified atom stereocenters. The number of nitrogens with one attached hydrogen (secondary N) is 3. The van der Waals surface area contributed by atoms with Crippen molar-refractivity contribution >= 4 is 23.4 Å². The van der Waals surface area contributed by atoms with E-state index < -0.39 is 5.91 Å². The molecule has 4 rings (SSSR count). The van der Waals surface area contributed by atoms with Gasteiger partial charge in [-0.1, -0.05) is 25.0 Å². The van der Waals surface area contributed by atoms with Crippen molar-refractivity contribution in [2.75, 3.05) is 38.8 Å². The quantitative estimate of drug-likeness (QED) is 0.295. The van der Waals surface area contributed by atoms with E-state index in [-0.39, 0.29) is 24.3 Å². The smallest absolute Gasteiger partial charge is 0.314 e. The Morgan fingerprint density at radius 1 is 1.00 bits per heavy atom. The number of benzene rings is 2. The first-order valence-electron chi connectivity index (χ1n) is 14.5. The third kappa shape index (κ3) is 7.15. The molecule has 3 N–H and O–H groups in total. The van der Waals surface area contributed by atoms with Gasteiger partial charge in [-0.2, -0.15) is 0 Å². The van der Waals surface area contributed by atoms with Crippen LogP contribution in [0.1, 0.15) is 67.6 Å². The summed E-state index contributed by atoms with van der Waals surface area (Å²) in [6.45, 7) is 8.58. The fourth-order valence-electron chi connectivity index (χ4n) is 5.97. The maximum absolute atomic E-state index is 13.8. The van der Waals surface area contributed by atoms with Crippen molar-refractivity contribution in [2.24, 2.45) is 0 Å². The van der Waals surface area contributed by atoms with E-state index in [4.69, 9.17) is 9.47 Å². The number of ether oxygens (including phenoxy) is 2. The normalized spacial score (nSPS) is 18.4. The number of aryl methyl sites for hydroxylation is 1. The summed E-state index contributed by atoms with van der Waals surface area (Å²) in [5, 5.41) is 3.12. The van der Waals surface area contributed by atoms with Crippen LogP contribution in [0.4, 0.5) is 5.69 Å². The van der Waals surface area contributed by atoms with E-state index in [0.29, 0.717) is 35.6 Å². The molecule has 3 atom stereocenters. The number of carbonyl (C=O) groups is 3. The van der Waals surface area contributed by atoms with E-state index in [9.17, 15) is 14.4 Å². The summed E-state index contributed by atoms with van der Waals surface area (Å²) in [5.74, 6) is 4.80. The minimum atomic E-state index is -0.587. The number of likely N-dealkylation sites (N-methyl/N-ethyl adjacent to an activating group) is 1. The molecule has 10 nitrogen and oxygen atoms in total. The van der Waals surface area contributed by atoms with Crippen LogP contribution in [0.2, 0.25) is 0 Å². The molecule has 2 aromatic rings. The highest BCUT2D eigenvalue weighted by atomic mass is 16.5. The van der Waals surface area contributed by atoms with Crippen molar-refractivity contribution in [1.82, 2.24) is 21.1 Å². The Hall–Kier alpha value is -4.23. The van der Waals surface area contributed by atoms with Crippen molar-refractivity contribution < 1.29 is 23.9 Å². The summed E-state index contributed by atoms with van der Waals surface area (Å²) in [4.78, 5) is 42.7. The van der Waals surface area contributed by atoms with Gasteiger partial charge >= 0.3 is 5.91 Å². The number of carbonyl (C=O) groups excluding carboxylic acids is 3. The number of rotatable bonds is 10. The van der Waals surface area contributed by atoms with Crippen LogP contribution in [0.25, 0.3) is 0 Å². The Balaban J connectivity index is 1.54. The summed E-state index contributed by atoms with van der Waals surface area (Å²) in [6.07, 6.45) is 2.80. The molecule has 0 spiro atoms.